The van der Waals surface area contributed by atoms with E-state index in [4.69, 9.17) is 17.0 Å². The first kappa shape index (κ1) is 11.6. The molecule has 1 aromatic carbocycles. The average molecular weight is 235 g/mol. The van der Waals surface area contributed by atoms with Gasteiger partial charge in [-0.1, -0.05) is 36.8 Å². The molecule has 1 aliphatic heterocycles. The molecule has 0 radical (unpaired) electrons. The van der Waals surface area contributed by atoms with Crippen molar-refractivity contribution in [2.75, 3.05) is 6.54 Å². The first-order valence-electron chi connectivity index (χ1n) is 5.79. The van der Waals surface area contributed by atoms with Gasteiger partial charge in [-0.25, -0.2) is 0 Å². The van der Waals surface area contributed by atoms with Gasteiger partial charge in [-0.2, -0.15) is 0 Å². The standard InChI is InChI=1S/C13H17NOS/c16-10-15-13(11-6-2-1-3-7-11)12-8-4-5-9-14-12/h1-3,6-7,10,12-14H,4-5,8-9H2. The van der Waals surface area contributed by atoms with Crippen LogP contribution in [0.3, 0.4) is 0 Å². The summed E-state index contributed by atoms with van der Waals surface area (Å²) in [5.74, 6) is 0. The van der Waals surface area contributed by atoms with Crippen LogP contribution in [0.25, 0.3) is 0 Å². The molecule has 1 aliphatic rings. The summed E-state index contributed by atoms with van der Waals surface area (Å²) >= 11 is 4.82. The summed E-state index contributed by atoms with van der Waals surface area (Å²) in [7, 11) is 0. The molecule has 3 heteroatoms. The zero-order valence-corrected chi connectivity index (χ0v) is 10.1. The van der Waals surface area contributed by atoms with Gasteiger partial charge in [-0.15, -0.1) is 0 Å². The van der Waals surface area contributed by atoms with Crippen LogP contribution in [0.15, 0.2) is 30.3 Å². The Bertz CT molecular complexity index is 322. The first-order chi connectivity index (χ1) is 7.92. The lowest BCUT2D eigenvalue weighted by molar-refractivity contribution is 0.138. The number of ether oxygens (including phenoxy) is 1. The van der Waals surface area contributed by atoms with Crippen LogP contribution in [-0.4, -0.2) is 18.1 Å². The zero-order chi connectivity index (χ0) is 11.2. The summed E-state index contributed by atoms with van der Waals surface area (Å²) in [6.45, 7) is 1.08. The zero-order valence-electron chi connectivity index (χ0n) is 9.26. The van der Waals surface area contributed by atoms with Crippen LogP contribution >= 0.6 is 12.2 Å². The summed E-state index contributed by atoms with van der Waals surface area (Å²) < 4.78 is 5.59. The molecule has 0 saturated carbocycles. The van der Waals surface area contributed by atoms with Gasteiger partial charge in [0.2, 0.25) is 0 Å². The van der Waals surface area contributed by atoms with E-state index in [1.165, 1.54) is 24.0 Å². The lowest BCUT2D eigenvalue weighted by Gasteiger charge is -2.30. The van der Waals surface area contributed by atoms with Crippen molar-refractivity contribution in [2.24, 2.45) is 0 Å². The molecule has 16 heavy (non-hydrogen) atoms. The molecular weight excluding hydrogens is 218 g/mol. The third-order valence-electron chi connectivity index (χ3n) is 3.04. The number of nitrogens with one attached hydrogen (secondary N) is 1. The van der Waals surface area contributed by atoms with Gasteiger partial charge in [-0.3, -0.25) is 0 Å². The van der Waals surface area contributed by atoms with Gasteiger partial charge in [0.15, 0.2) is 0 Å². The maximum absolute atomic E-state index is 5.59. The van der Waals surface area contributed by atoms with Crippen LogP contribution in [0.1, 0.15) is 30.9 Å². The molecule has 0 bridgehead atoms. The Kier molecular flexibility index (Phi) is 4.31. The van der Waals surface area contributed by atoms with Gasteiger partial charge in [0.05, 0.1) is 0 Å². The summed E-state index contributed by atoms with van der Waals surface area (Å²) in [6.07, 6.45) is 3.74. The fourth-order valence-electron chi connectivity index (χ4n) is 2.25. The molecule has 2 nitrogen and oxygen atoms in total. The van der Waals surface area contributed by atoms with E-state index in [1.54, 1.807) is 0 Å². The van der Waals surface area contributed by atoms with E-state index in [2.05, 4.69) is 17.4 Å². The largest absolute Gasteiger partial charge is 0.480 e. The summed E-state index contributed by atoms with van der Waals surface area (Å²) in [6, 6.07) is 10.7. The van der Waals surface area contributed by atoms with E-state index in [-0.39, 0.29) is 6.10 Å². The first-order valence-corrected chi connectivity index (χ1v) is 6.26. The maximum Gasteiger partial charge on any atom is 0.147 e. The van der Waals surface area contributed by atoms with Crippen molar-refractivity contribution < 1.29 is 4.74 Å². The van der Waals surface area contributed by atoms with Gasteiger partial charge in [0.1, 0.15) is 11.7 Å². The topological polar surface area (TPSA) is 21.3 Å². The van der Waals surface area contributed by atoms with E-state index in [0.29, 0.717) is 6.04 Å². The van der Waals surface area contributed by atoms with Crippen molar-refractivity contribution in [3.05, 3.63) is 35.9 Å². The van der Waals surface area contributed by atoms with Crippen LogP contribution in [-0.2, 0) is 4.74 Å². The molecule has 2 rings (SSSR count). The van der Waals surface area contributed by atoms with Crippen LogP contribution in [0, 0.1) is 0 Å². The predicted octanol–water partition coefficient (Wildman–Crippen LogP) is 2.84. The van der Waals surface area contributed by atoms with Gasteiger partial charge in [-0.05, 0) is 37.2 Å². The van der Waals surface area contributed by atoms with E-state index >= 15 is 0 Å². The molecule has 1 saturated heterocycles. The Morgan fingerprint density at radius 3 is 2.75 bits per heavy atom. The third kappa shape index (κ3) is 2.80. The highest BCUT2D eigenvalue weighted by atomic mass is 32.1. The Labute approximate surface area is 102 Å². The van der Waals surface area contributed by atoms with Crippen molar-refractivity contribution >= 4 is 17.8 Å². The second-order valence-corrected chi connectivity index (χ2v) is 4.31. The molecule has 1 aromatic rings. The Morgan fingerprint density at radius 2 is 2.12 bits per heavy atom. The second-order valence-electron chi connectivity index (χ2n) is 4.12. The Hall–Kier alpha value is -0.930. The molecule has 0 spiro atoms. The third-order valence-corrected chi connectivity index (χ3v) is 3.16. The van der Waals surface area contributed by atoms with Gasteiger partial charge < -0.3 is 10.1 Å². The molecule has 86 valence electrons. The minimum atomic E-state index is 0.0546. The lowest BCUT2D eigenvalue weighted by Crippen LogP contribution is -2.39. The van der Waals surface area contributed by atoms with Crippen LogP contribution in [0.4, 0.5) is 0 Å². The molecule has 2 atom stereocenters. The molecule has 2 unspecified atom stereocenters. The van der Waals surface area contributed by atoms with Crippen LogP contribution in [0.2, 0.25) is 0 Å². The number of hydrogen-bond donors (Lipinski definition) is 1. The normalized spacial score (nSPS) is 22.4. The number of benzene rings is 1. The van der Waals surface area contributed by atoms with Crippen molar-refractivity contribution in [3.8, 4) is 0 Å². The molecule has 0 aromatic heterocycles. The fourth-order valence-corrected chi connectivity index (χ4v) is 2.37. The highest BCUT2D eigenvalue weighted by Gasteiger charge is 2.25. The number of rotatable bonds is 4. The van der Waals surface area contributed by atoms with E-state index in [0.717, 1.165) is 13.0 Å². The van der Waals surface area contributed by atoms with Gasteiger partial charge in [0.25, 0.3) is 0 Å². The maximum atomic E-state index is 5.59. The summed E-state index contributed by atoms with van der Waals surface area (Å²) in [5.41, 5.74) is 2.58. The highest BCUT2D eigenvalue weighted by molar-refractivity contribution is 7.78. The second kappa shape index (κ2) is 5.97. The van der Waals surface area contributed by atoms with Crippen LogP contribution in [0.5, 0.6) is 0 Å². The molecular formula is C13H17NOS. The predicted molar refractivity (Wildman–Crippen MR) is 69.6 cm³/mol. The highest BCUT2D eigenvalue weighted by Crippen LogP contribution is 2.25. The molecule has 0 aliphatic carbocycles. The van der Waals surface area contributed by atoms with Crippen molar-refractivity contribution in [3.63, 3.8) is 0 Å². The van der Waals surface area contributed by atoms with Crippen molar-refractivity contribution in [1.29, 1.82) is 0 Å². The van der Waals surface area contributed by atoms with E-state index in [9.17, 15) is 0 Å². The fraction of sp³-hybridized carbons (Fsp3) is 0.462. The smallest absolute Gasteiger partial charge is 0.147 e. The number of piperidine rings is 1. The Morgan fingerprint density at radius 1 is 1.31 bits per heavy atom. The summed E-state index contributed by atoms with van der Waals surface area (Å²) in [4.78, 5) is 0. The lowest BCUT2D eigenvalue weighted by atomic mass is 9.95. The monoisotopic (exact) mass is 235 g/mol. The van der Waals surface area contributed by atoms with Crippen molar-refractivity contribution in [2.45, 2.75) is 31.4 Å². The van der Waals surface area contributed by atoms with E-state index in [1.807, 2.05) is 18.2 Å². The van der Waals surface area contributed by atoms with Gasteiger partial charge >= 0.3 is 0 Å². The molecule has 1 heterocycles. The quantitative estimate of drug-likeness (QED) is 0.811. The minimum Gasteiger partial charge on any atom is -0.480 e. The Balaban J connectivity index is 2.12. The SMILES string of the molecule is S=COC(c1ccccc1)C1CCCCN1. The number of thiocarbonyl (C=S) groups is 1. The van der Waals surface area contributed by atoms with Gasteiger partial charge in [0, 0.05) is 6.04 Å². The molecule has 1 N–H and O–H groups in total. The van der Waals surface area contributed by atoms with E-state index < -0.39 is 0 Å². The number of hydrogen-bond acceptors (Lipinski definition) is 3. The minimum absolute atomic E-state index is 0.0546. The van der Waals surface area contributed by atoms with Crippen LogP contribution < -0.4 is 5.32 Å². The van der Waals surface area contributed by atoms with Crippen molar-refractivity contribution in [1.82, 2.24) is 5.32 Å². The molecule has 1 fully saturated rings. The average Bonchev–Trinajstić information content (AvgIpc) is 2.38. The molecule has 0 amide bonds. The summed E-state index contributed by atoms with van der Waals surface area (Å²) in [5, 5.41) is 3.51.